The van der Waals surface area contributed by atoms with E-state index in [-0.39, 0.29) is 5.91 Å². The molecule has 1 amide bonds. The number of anilines is 1. The van der Waals surface area contributed by atoms with Gasteiger partial charge in [-0.3, -0.25) is 4.79 Å². The second kappa shape index (κ2) is 5.34. The van der Waals surface area contributed by atoms with Crippen molar-refractivity contribution < 1.29 is 9.53 Å². The van der Waals surface area contributed by atoms with E-state index in [2.05, 4.69) is 15.9 Å². The number of morpholine rings is 1. The first-order chi connectivity index (χ1) is 10.3. The Kier molecular flexibility index (Phi) is 3.34. The van der Waals surface area contributed by atoms with Gasteiger partial charge in [0.05, 0.1) is 18.8 Å². The molecule has 4 heteroatoms. The Morgan fingerprint density at radius 2 is 1.95 bits per heavy atom. The van der Waals surface area contributed by atoms with E-state index in [4.69, 9.17) is 4.74 Å². The fourth-order valence-electron chi connectivity index (χ4n) is 4.06. The molecular formula is C17H22N2O2. The van der Waals surface area contributed by atoms with Crippen molar-refractivity contribution in [2.24, 2.45) is 5.92 Å². The highest BCUT2D eigenvalue weighted by Gasteiger charge is 2.41. The zero-order valence-corrected chi connectivity index (χ0v) is 12.3. The van der Waals surface area contributed by atoms with Gasteiger partial charge in [0.15, 0.2) is 0 Å². The molecule has 0 radical (unpaired) electrons. The summed E-state index contributed by atoms with van der Waals surface area (Å²) in [6.07, 6.45) is 3.71. The quantitative estimate of drug-likeness (QED) is 0.835. The Hall–Kier alpha value is -1.55. The molecule has 0 N–H and O–H groups in total. The van der Waals surface area contributed by atoms with E-state index in [0.29, 0.717) is 6.04 Å². The molecule has 2 bridgehead atoms. The van der Waals surface area contributed by atoms with Gasteiger partial charge in [-0.25, -0.2) is 0 Å². The first kappa shape index (κ1) is 13.1. The van der Waals surface area contributed by atoms with E-state index in [9.17, 15) is 4.79 Å². The van der Waals surface area contributed by atoms with Gasteiger partial charge in [-0.1, -0.05) is 12.1 Å². The number of amides is 1. The van der Waals surface area contributed by atoms with E-state index in [1.54, 1.807) is 0 Å². The zero-order chi connectivity index (χ0) is 14.2. The van der Waals surface area contributed by atoms with Crippen LogP contribution in [-0.2, 0) is 4.74 Å². The number of rotatable bonds is 2. The highest BCUT2D eigenvalue weighted by molar-refractivity contribution is 6.00. The molecule has 1 aromatic carbocycles. The summed E-state index contributed by atoms with van der Waals surface area (Å²) in [5.74, 6) is 0.971. The number of fused-ring (bicyclic) bond motifs is 2. The lowest BCUT2D eigenvalue weighted by molar-refractivity contribution is 0.0703. The molecule has 2 aliphatic heterocycles. The molecule has 1 saturated carbocycles. The van der Waals surface area contributed by atoms with E-state index < -0.39 is 0 Å². The van der Waals surface area contributed by atoms with Gasteiger partial charge in [-0.2, -0.15) is 0 Å². The van der Waals surface area contributed by atoms with Crippen molar-refractivity contribution in [3.05, 3.63) is 29.8 Å². The number of benzene rings is 1. The Bertz CT molecular complexity index is 539. The van der Waals surface area contributed by atoms with Gasteiger partial charge < -0.3 is 14.5 Å². The molecule has 3 aliphatic rings. The third-order valence-electron chi connectivity index (χ3n) is 5.16. The smallest absolute Gasteiger partial charge is 0.256 e. The third-order valence-corrected chi connectivity index (χ3v) is 5.16. The summed E-state index contributed by atoms with van der Waals surface area (Å²) in [6, 6.07) is 8.55. The van der Waals surface area contributed by atoms with Crippen molar-refractivity contribution in [2.45, 2.75) is 25.3 Å². The van der Waals surface area contributed by atoms with E-state index >= 15 is 0 Å². The molecule has 2 atom stereocenters. The number of piperidine rings is 1. The number of hydrogen-bond donors (Lipinski definition) is 0. The van der Waals surface area contributed by atoms with Crippen molar-refractivity contribution in [3.8, 4) is 0 Å². The van der Waals surface area contributed by atoms with Crippen LogP contribution in [0.25, 0.3) is 0 Å². The maximum Gasteiger partial charge on any atom is 0.256 e. The van der Waals surface area contributed by atoms with E-state index in [1.165, 1.54) is 19.3 Å². The van der Waals surface area contributed by atoms with Crippen LogP contribution in [0.2, 0.25) is 0 Å². The predicted molar refractivity (Wildman–Crippen MR) is 81.6 cm³/mol. The van der Waals surface area contributed by atoms with Crippen molar-refractivity contribution in [1.82, 2.24) is 4.90 Å². The van der Waals surface area contributed by atoms with Crippen LogP contribution < -0.4 is 4.90 Å². The van der Waals surface area contributed by atoms with Crippen molar-refractivity contribution in [2.75, 3.05) is 37.7 Å². The van der Waals surface area contributed by atoms with Crippen LogP contribution in [-0.4, -0.2) is 49.7 Å². The normalized spacial score (nSPS) is 28.2. The summed E-state index contributed by atoms with van der Waals surface area (Å²) in [6.45, 7) is 4.20. The summed E-state index contributed by atoms with van der Waals surface area (Å²) >= 11 is 0. The average Bonchev–Trinajstić information content (AvgIpc) is 3.18. The molecule has 4 rings (SSSR count). The zero-order valence-electron chi connectivity index (χ0n) is 12.3. The SMILES string of the molecule is O=C(c1ccccc1N1CCOCC1)N1CC2CCC1C2. The van der Waals surface area contributed by atoms with Gasteiger partial charge in [0.25, 0.3) is 5.91 Å². The van der Waals surface area contributed by atoms with Gasteiger partial charge in [0.1, 0.15) is 0 Å². The number of hydrogen-bond acceptors (Lipinski definition) is 3. The number of likely N-dealkylation sites (tertiary alicyclic amines) is 1. The molecular weight excluding hydrogens is 264 g/mol. The number of nitrogens with zero attached hydrogens (tertiary/aromatic N) is 2. The first-order valence-corrected chi connectivity index (χ1v) is 8.05. The van der Waals surface area contributed by atoms with Crippen molar-refractivity contribution in [3.63, 3.8) is 0 Å². The molecule has 21 heavy (non-hydrogen) atoms. The van der Waals surface area contributed by atoms with Crippen LogP contribution in [0, 0.1) is 5.92 Å². The maximum absolute atomic E-state index is 13.0. The van der Waals surface area contributed by atoms with E-state index in [1.807, 2.05) is 18.2 Å². The molecule has 3 fully saturated rings. The van der Waals surface area contributed by atoms with Crippen LogP contribution in [0.15, 0.2) is 24.3 Å². The Balaban J connectivity index is 1.60. The molecule has 2 heterocycles. The van der Waals surface area contributed by atoms with Crippen molar-refractivity contribution in [1.29, 1.82) is 0 Å². The molecule has 0 spiro atoms. The number of ether oxygens (including phenoxy) is 1. The second-order valence-electron chi connectivity index (χ2n) is 6.41. The molecule has 2 saturated heterocycles. The van der Waals surface area contributed by atoms with Crippen LogP contribution in [0.1, 0.15) is 29.6 Å². The summed E-state index contributed by atoms with van der Waals surface area (Å²) in [5, 5.41) is 0. The molecule has 1 aliphatic carbocycles. The topological polar surface area (TPSA) is 32.8 Å². The minimum atomic E-state index is 0.226. The maximum atomic E-state index is 13.0. The lowest BCUT2D eigenvalue weighted by Gasteiger charge is -2.32. The van der Waals surface area contributed by atoms with Crippen LogP contribution in [0.3, 0.4) is 0 Å². The van der Waals surface area contributed by atoms with Gasteiger partial charge in [0.2, 0.25) is 0 Å². The lowest BCUT2D eigenvalue weighted by atomic mass is 10.1. The highest BCUT2D eigenvalue weighted by atomic mass is 16.5. The van der Waals surface area contributed by atoms with Crippen LogP contribution in [0.5, 0.6) is 0 Å². The molecule has 0 aromatic heterocycles. The fraction of sp³-hybridized carbons (Fsp3) is 0.588. The summed E-state index contributed by atoms with van der Waals surface area (Å²) < 4.78 is 5.42. The van der Waals surface area contributed by atoms with Crippen LogP contribution in [0.4, 0.5) is 5.69 Å². The first-order valence-electron chi connectivity index (χ1n) is 8.05. The minimum absolute atomic E-state index is 0.226. The number of para-hydroxylation sites is 1. The minimum Gasteiger partial charge on any atom is -0.378 e. The highest BCUT2D eigenvalue weighted by Crippen LogP contribution is 2.38. The Labute approximate surface area is 125 Å². The molecule has 4 nitrogen and oxygen atoms in total. The van der Waals surface area contributed by atoms with E-state index in [0.717, 1.165) is 50.0 Å². The predicted octanol–water partition coefficient (Wildman–Crippen LogP) is 2.15. The third kappa shape index (κ3) is 2.31. The monoisotopic (exact) mass is 286 g/mol. The molecule has 1 aromatic rings. The molecule has 112 valence electrons. The van der Waals surface area contributed by atoms with Gasteiger partial charge in [0, 0.05) is 31.4 Å². The summed E-state index contributed by atoms with van der Waals surface area (Å²) in [7, 11) is 0. The Morgan fingerprint density at radius 1 is 1.14 bits per heavy atom. The largest absolute Gasteiger partial charge is 0.378 e. The van der Waals surface area contributed by atoms with Gasteiger partial charge in [-0.05, 0) is 37.3 Å². The number of carbonyl (C=O) groups excluding carboxylic acids is 1. The fourth-order valence-corrected chi connectivity index (χ4v) is 4.06. The van der Waals surface area contributed by atoms with Crippen molar-refractivity contribution >= 4 is 11.6 Å². The average molecular weight is 286 g/mol. The van der Waals surface area contributed by atoms with Gasteiger partial charge >= 0.3 is 0 Å². The standard InChI is InChI=1S/C17H22N2O2/c20-17(19-12-13-5-6-14(19)11-13)15-3-1-2-4-16(15)18-7-9-21-10-8-18/h1-4,13-14H,5-12H2. The second-order valence-corrected chi connectivity index (χ2v) is 6.41. The summed E-state index contributed by atoms with van der Waals surface area (Å²) in [4.78, 5) is 17.4. The molecule has 2 unspecified atom stereocenters. The van der Waals surface area contributed by atoms with Gasteiger partial charge in [-0.15, -0.1) is 0 Å². The van der Waals surface area contributed by atoms with Crippen LogP contribution >= 0.6 is 0 Å². The Morgan fingerprint density at radius 3 is 2.67 bits per heavy atom. The summed E-state index contributed by atoms with van der Waals surface area (Å²) in [5.41, 5.74) is 1.94. The number of carbonyl (C=O) groups is 1. The lowest BCUT2D eigenvalue weighted by Crippen LogP contribution is -2.40.